The molecule has 0 aliphatic heterocycles. The molecule has 0 unspecified atom stereocenters. The van der Waals surface area contributed by atoms with Crippen LogP contribution in [0, 0.1) is 13.8 Å². The van der Waals surface area contributed by atoms with E-state index in [4.69, 9.17) is 4.74 Å². The van der Waals surface area contributed by atoms with Crippen LogP contribution < -0.4 is 10.9 Å². The second kappa shape index (κ2) is 9.92. The van der Waals surface area contributed by atoms with Crippen LogP contribution in [0.4, 0.5) is 5.69 Å². The Morgan fingerprint density at radius 3 is 2.37 bits per heavy atom. The van der Waals surface area contributed by atoms with Gasteiger partial charge in [-0.2, -0.15) is 5.10 Å². The topological polar surface area (TPSA) is 108 Å². The first-order valence-corrected chi connectivity index (χ1v) is 11.4. The first-order valence-electron chi connectivity index (χ1n) is 11.4. The highest BCUT2D eigenvalue weighted by Gasteiger charge is 2.18. The molecular formula is C26H27N5O4. The molecule has 0 spiro atoms. The predicted molar refractivity (Wildman–Crippen MR) is 133 cm³/mol. The average molecular weight is 474 g/mol. The van der Waals surface area contributed by atoms with E-state index in [9.17, 15) is 14.4 Å². The quantitative estimate of drug-likeness (QED) is 0.412. The molecule has 1 amide bonds. The number of fused-ring (bicyclic) bond motifs is 1. The van der Waals surface area contributed by atoms with Gasteiger partial charge in [-0.15, -0.1) is 0 Å². The molecule has 0 bridgehead atoms. The van der Waals surface area contributed by atoms with Crippen LogP contribution in [-0.2, 0) is 23.0 Å². The van der Waals surface area contributed by atoms with E-state index in [1.54, 1.807) is 42.9 Å². The molecule has 0 saturated heterocycles. The highest BCUT2D eigenvalue weighted by Crippen LogP contribution is 2.20. The van der Waals surface area contributed by atoms with E-state index in [1.807, 2.05) is 38.1 Å². The van der Waals surface area contributed by atoms with Crippen LogP contribution in [0.5, 0.6) is 0 Å². The second-order valence-electron chi connectivity index (χ2n) is 8.27. The maximum absolute atomic E-state index is 13.0. The molecule has 9 nitrogen and oxygen atoms in total. The minimum Gasteiger partial charge on any atom is -0.462 e. The molecule has 0 saturated carbocycles. The first-order chi connectivity index (χ1) is 16.8. The van der Waals surface area contributed by atoms with Crippen molar-refractivity contribution in [2.75, 3.05) is 11.9 Å². The first kappa shape index (κ1) is 23.9. The van der Waals surface area contributed by atoms with Gasteiger partial charge in [-0.1, -0.05) is 17.7 Å². The van der Waals surface area contributed by atoms with E-state index in [2.05, 4.69) is 15.4 Å². The summed E-state index contributed by atoms with van der Waals surface area (Å²) in [5.41, 5.74) is 4.89. The molecule has 180 valence electrons. The predicted octanol–water partition coefficient (Wildman–Crippen LogP) is 3.48. The zero-order chi connectivity index (χ0) is 25.1. The lowest BCUT2D eigenvalue weighted by Crippen LogP contribution is -2.25. The number of ether oxygens (including phenoxy) is 1. The van der Waals surface area contributed by atoms with Crippen LogP contribution in [0.15, 0.2) is 53.3 Å². The standard InChI is InChI=1S/C26H27N5O4/c1-5-35-26(34)18-8-10-19(11-9-18)27-22(32)15-14-21-25(33)30(4)24-23(28-21)17(3)29-31(24)20-12-6-16(2)7-13-20/h6-13H,5,14-15H2,1-4H3,(H,27,32). The van der Waals surface area contributed by atoms with Crippen LogP contribution in [0.25, 0.3) is 16.9 Å². The van der Waals surface area contributed by atoms with Gasteiger partial charge in [0.1, 0.15) is 11.2 Å². The fraction of sp³-hybridized carbons (Fsp3) is 0.269. The molecule has 0 aliphatic carbocycles. The molecule has 2 heterocycles. The van der Waals surface area contributed by atoms with E-state index in [0.717, 1.165) is 11.3 Å². The molecule has 0 radical (unpaired) electrons. The summed E-state index contributed by atoms with van der Waals surface area (Å²) in [4.78, 5) is 41.9. The minimum absolute atomic E-state index is 0.0819. The van der Waals surface area contributed by atoms with E-state index < -0.39 is 5.97 Å². The molecule has 1 N–H and O–H groups in total. The summed E-state index contributed by atoms with van der Waals surface area (Å²) < 4.78 is 8.21. The highest BCUT2D eigenvalue weighted by atomic mass is 16.5. The van der Waals surface area contributed by atoms with Gasteiger partial charge in [0, 0.05) is 25.6 Å². The Morgan fingerprint density at radius 2 is 1.71 bits per heavy atom. The van der Waals surface area contributed by atoms with Crippen molar-refractivity contribution in [3.63, 3.8) is 0 Å². The van der Waals surface area contributed by atoms with E-state index >= 15 is 0 Å². The number of esters is 1. The molecule has 2 aromatic carbocycles. The third kappa shape index (κ3) is 4.98. The largest absolute Gasteiger partial charge is 0.462 e. The van der Waals surface area contributed by atoms with E-state index in [-0.39, 0.29) is 24.3 Å². The third-order valence-electron chi connectivity index (χ3n) is 5.67. The fourth-order valence-electron chi connectivity index (χ4n) is 3.80. The number of amides is 1. The van der Waals surface area contributed by atoms with Crippen molar-refractivity contribution >= 4 is 28.7 Å². The van der Waals surface area contributed by atoms with Gasteiger partial charge in [0.05, 0.1) is 23.6 Å². The maximum Gasteiger partial charge on any atom is 0.338 e. The van der Waals surface area contributed by atoms with Crippen molar-refractivity contribution < 1.29 is 14.3 Å². The summed E-state index contributed by atoms with van der Waals surface area (Å²) in [5.74, 6) is -0.673. The molecule has 4 rings (SSSR count). The molecule has 2 aromatic heterocycles. The van der Waals surface area contributed by atoms with Crippen LogP contribution in [0.2, 0.25) is 0 Å². The monoisotopic (exact) mass is 473 g/mol. The number of aryl methyl sites for hydroxylation is 4. The van der Waals surface area contributed by atoms with Gasteiger partial charge in [-0.05, 0) is 57.2 Å². The Balaban J connectivity index is 1.51. The lowest BCUT2D eigenvalue weighted by Gasteiger charge is -2.09. The minimum atomic E-state index is -0.413. The molecule has 0 fully saturated rings. The zero-order valence-corrected chi connectivity index (χ0v) is 20.2. The van der Waals surface area contributed by atoms with Crippen LogP contribution in [0.1, 0.15) is 40.7 Å². The fourth-order valence-corrected chi connectivity index (χ4v) is 3.80. The molecule has 0 aliphatic rings. The lowest BCUT2D eigenvalue weighted by molar-refractivity contribution is -0.116. The van der Waals surface area contributed by atoms with Gasteiger partial charge in [0.2, 0.25) is 5.91 Å². The van der Waals surface area contributed by atoms with Gasteiger partial charge in [0.25, 0.3) is 5.56 Å². The number of rotatable bonds is 7. The second-order valence-corrected chi connectivity index (χ2v) is 8.27. The molecular weight excluding hydrogens is 446 g/mol. The van der Waals surface area contributed by atoms with Gasteiger partial charge in [-0.25, -0.2) is 14.5 Å². The maximum atomic E-state index is 13.0. The SMILES string of the molecule is CCOC(=O)c1ccc(NC(=O)CCc2nc3c(C)nn(-c4ccc(C)cc4)c3n(C)c2=O)cc1. The number of hydrogen-bond acceptors (Lipinski definition) is 6. The van der Waals surface area contributed by atoms with Crippen molar-refractivity contribution in [1.29, 1.82) is 0 Å². The summed E-state index contributed by atoms with van der Waals surface area (Å²) in [6.07, 6.45) is 0.267. The Bertz CT molecular complexity index is 1450. The Morgan fingerprint density at radius 1 is 1.03 bits per heavy atom. The smallest absolute Gasteiger partial charge is 0.338 e. The Hall–Kier alpha value is -4.27. The number of anilines is 1. The molecule has 35 heavy (non-hydrogen) atoms. The van der Waals surface area contributed by atoms with Gasteiger partial charge in [0.15, 0.2) is 5.65 Å². The van der Waals surface area contributed by atoms with Gasteiger partial charge in [-0.3, -0.25) is 14.2 Å². The number of nitrogens with one attached hydrogen (secondary N) is 1. The van der Waals surface area contributed by atoms with Crippen LogP contribution in [0.3, 0.4) is 0 Å². The van der Waals surface area contributed by atoms with Crippen molar-refractivity contribution in [2.24, 2.45) is 7.05 Å². The highest BCUT2D eigenvalue weighted by molar-refractivity contribution is 5.93. The summed E-state index contributed by atoms with van der Waals surface area (Å²) in [7, 11) is 1.69. The summed E-state index contributed by atoms with van der Waals surface area (Å²) in [6.45, 7) is 5.89. The number of nitrogens with zero attached hydrogens (tertiary/aromatic N) is 4. The Labute approximate surface area is 202 Å². The van der Waals surface area contributed by atoms with E-state index in [1.165, 1.54) is 4.57 Å². The number of carbonyl (C=O) groups is 2. The lowest BCUT2D eigenvalue weighted by atomic mass is 10.2. The summed E-state index contributed by atoms with van der Waals surface area (Å²) in [5, 5.41) is 7.38. The average Bonchev–Trinajstić information content (AvgIpc) is 3.17. The number of benzene rings is 2. The molecule has 4 aromatic rings. The third-order valence-corrected chi connectivity index (χ3v) is 5.67. The van der Waals surface area contributed by atoms with Crippen molar-refractivity contribution in [1.82, 2.24) is 19.3 Å². The molecule has 0 atom stereocenters. The summed E-state index contributed by atoms with van der Waals surface area (Å²) in [6, 6.07) is 14.3. The van der Waals surface area contributed by atoms with Crippen molar-refractivity contribution in [3.8, 4) is 5.69 Å². The molecule has 9 heteroatoms. The number of aromatic nitrogens is 4. The van der Waals surface area contributed by atoms with Crippen molar-refractivity contribution in [3.05, 3.63) is 81.4 Å². The van der Waals surface area contributed by atoms with Crippen LogP contribution in [-0.4, -0.2) is 37.8 Å². The zero-order valence-electron chi connectivity index (χ0n) is 20.2. The summed E-state index contributed by atoms with van der Waals surface area (Å²) >= 11 is 0. The van der Waals surface area contributed by atoms with Gasteiger partial charge < -0.3 is 10.1 Å². The van der Waals surface area contributed by atoms with Crippen molar-refractivity contribution in [2.45, 2.75) is 33.6 Å². The van der Waals surface area contributed by atoms with Gasteiger partial charge >= 0.3 is 5.97 Å². The van der Waals surface area contributed by atoms with E-state index in [0.29, 0.717) is 40.4 Å². The number of hydrogen-bond donors (Lipinski definition) is 1. The number of carbonyl (C=O) groups excluding carboxylic acids is 2. The normalized spacial score (nSPS) is 11.0. The van der Waals surface area contributed by atoms with Crippen LogP contribution >= 0.6 is 0 Å². The Kier molecular flexibility index (Phi) is 6.77.